The molecule has 0 aromatic carbocycles. The van der Waals surface area contributed by atoms with Crippen molar-refractivity contribution in [1.82, 2.24) is 0 Å². The first-order chi connectivity index (χ1) is 9.41. The van der Waals surface area contributed by atoms with Crippen LogP contribution in [0.25, 0.3) is 0 Å². The molecular formula is C19H39BrMg. The predicted octanol–water partition coefficient (Wildman–Crippen LogP) is 4.10. The summed E-state index contributed by atoms with van der Waals surface area (Å²) in [5.41, 5.74) is 0. The summed E-state index contributed by atoms with van der Waals surface area (Å²) in [5, 5.41) is 0. The molecule has 21 heavy (non-hydrogen) atoms. The molecule has 0 fully saturated rings. The van der Waals surface area contributed by atoms with Gasteiger partial charge in [-0.3, -0.25) is 0 Å². The third-order valence-electron chi connectivity index (χ3n) is 4.10. The first-order valence-electron chi connectivity index (χ1n) is 9.21. The Bertz CT molecular complexity index is 135. The van der Waals surface area contributed by atoms with Crippen molar-refractivity contribution >= 4 is 23.1 Å². The molecule has 0 saturated carbocycles. The van der Waals surface area contributed by atoms with Crippen LogP contribution in [0.3, 0.4) is 0 Å². The van der Waals surface area contributed by atoms with Gasteiger partial charge in [-0.1, -0.05) is 110 Å². The van der Waals surface area contributed by atoms with Gasteiger partial charge in [-0.15, -0.1) is 0 Å². The molecule has 0 rings (SSSR count). The first-order valence-corrected chi connectivity index (χ1v) is 9.21. The minimum absolute atomic E-state index is 0. The normalized spacial score (nSPS) is 10.0. The van der Waals surface area contributed by atoms with Crippen LogP contribution < -0.4 is 17.0 Å². The predicted molar refractivity (Wildman–Crippen MR) is 95.3 cm³/mol. The molecular weight excluding hydrogens is 332 g/mol. The van der Waals surface area contributed by atoms with Gasteiger partial charge in [0.05, 0.1) is 0 Å². The number of halogens is 1. The van der Waals surface area contributed by atoms with Crippen LogP contribution in [0.4, 0.5) is 0 Å². The quantitative estimate of drug-likeness (QED) is 0.218. The summed E-state index contributed by atoms with van der Waals surface area (Å²) < 4.78 is 0. The van der Waals surface area contributed by atoms with Crippen LogP contribution in [0.1, 0.15) is 116 Å². The fourth-order valence-electron chi connectivity index (χ4n) is 2.72. The Balaban J connectivity index is -0.00000162. The summed E-state index contributed by atoms with van der Waals surface area (Å²) in [6.45, 7) is 6.18. The monoisotopic (exact) mass is 370 g/mol. The minimum Gasteiger partial charge on any atom is -1.00 e. The SMILES string of the molecule is [Br-].[CH2-]CCCCCCCCCCCCCCCCCC.[Mg+2]. The molecule has 0 spiro atoms. The van der Waals surface area contributed by atoms with E-state index in [1.807, 2.05) is 0 Å². The average molecular weight is 372 g/mol. The Kier molecular flexibility index (Phi) is 33.8. The van der Waals surface area contributed by atoms with E-state index >= 15 is 0 Å². The maximum Gasteiger partial charge on any atom is 2.00 e. The third-order valence-corrected chi connectivity index (χ3v) is 4.10. The molecule has 0 aliphatic rings. The van der Waals surface area contributed by atoms with Crippen LogP contribution in [0.5, 0.6) is 0 Å². The zero-order chi connectivity index (χ0) is 14.0. The van der Waals surface area contributed by atoms with E-state index in [0.29, 0.717) is 0 Å². The zero-order valence-electron chi connectivity index (χ0n) is 14.8. The van der Waals surface area contributed by atoms with Gasteiger partial charge in [0.15, 0.2) is 0 Å². The summed E-state index contributed by atoms with van der Waals surface area (Å²) in [7, 11) is 0. The molecule has 0 atom stereocenters. The standard InChI is InChI=1S/C19H39.BrH.Mg/c1-3-5-7-9-11-13-15-17-19-18-16-14-12-10-8-6-4-2;;/h1,3-19H2,2H3;1H;/q-1;;+2/p-1. The number of hydrogen-bond acceptors (Lipinski definition) is 0. The van der Waals surface area contributed by atoms with Crippen molar-refractivity contribution in [3.8, 4) is 0 Å². The van der Waals surface area contributed by atoms with E-state index in [4.69, 9.17) is 0 Å². The Morgan fingerprint density at radius 1 is 0.476 bits per heavy atom. The summed E-state index contributed by atoms with van der Waals surface area (Å²) >= 11 is 0. The smallest absolute Gasteiger partial charge is 1.00 e. The van der Waals surface area contributed by atoms with E-state index < -0.39 is 0 Å². The average Bonchev–Trinajstić information content (AvgIpc) is 2.43. The minimum atomic E-state index is 0. The van der Waals surface area contributed by atoms with E-state index in [9.17, 15) is 0 Å². The molecule has 0 aliphatic heterocycles. The van der Waals surface area contributed by atoms with Crippen molar-refractivity contribution in [2.24, 2.45) is 0 Å². The van der Waals surface area contributed by atoms with Crippen molar-refractivity contribution in [1.29, 1.82) is 0 Å². The Morgan fingerprint density at radius 3 is 0.952 bits per heavy atom. The van der Waals surface area contributed by atoms with Crippen LogP contribution in [0.15, 0.2) is 0 Å². The van der Waals surface area contributed by atoms with Crippen LogP contribution in [-0.4, -0.2) is 23.1 Å². The van der Waals surface area contributed by atoms with Crippen LogP contribution in [0.2, 0.25) is 0 Å². The van der Waals surface area contributed by atoms with Gasteiger partial charge in [-0.05, 0) is 0 Å². The molecule has 0 aromatic rings. The summed E-state index contributed by atoms with van der Waals surface area (Å²) in [6.07, 6.45) is 24.3. The molecule has 0 aromatic heterocycles. The van der Waals surface area contributed by atoms with Gasteiger partial charge in [0.25, 0.3) is 0 Å². The van der Waals surface area contributed by atoms with Crippen LogP contribution in [-0.2, 0) is 0 Å². The van der Waals surface area contributed by atoms with Crippen molar-refractivity contribution in [2.45, 2.75) is 116 Å². The maximum atomic E-state index is 3.89. The molecule has 0 amide bonds. The third kappa shape index (κ3) is 26.5. The second kappa shape index (κ2) is 26.2. The Labute approximate surface area is 162 Å². The van der Waals surface area contributed by atoms with Crippen molar-refractivity contribution in [3.63, 3.8) is 0 Å². The van der Waals surface area contributed by atoms with Gasteiger partial charge in [0.1, 0.15) is 0 Å². The van der Waals surface area contributed by atoms with Gasteiger partial charge < -0.3 is 23.9 Å². The Morgan fingerprint density at radius 2 is 0.714 bits per heavy atom. The molecule has 0 unspecified atom stereocenters. The molecule has 0 saturated heterocycles. The van der Waals surface area contributed by atoms with Crippen molar-refractivity contribution in [3.05, 3.63) is 6.92 Å². The molecule has 0 radical (unpaired) electrons. The topological polar surface area (TPSA) is 0 Å². The van der Waals surface area contributed by atoms with E-state index in [-0.39, 0.29) is 40.0 Å². The van der Waals surface area contributed by atoms with Gasteiger partial charge >= 0.3 is 23.1 Å². The summed E-state index contributed by atoms with van der Waals surface area (Å²) in [5.74, 6) is 0. The molecule has 0 bridgehead atoms. The van der Waals surface area contributed by atoms with Gasteiger partial charge in [-0.2, -0.15) is 6.42 Å². The molecule has 0 nitrogen and oxygen atoms in total. The number of hydrogen-bond donors (Lipinski definition) is 0. The second-order valence-electron chi connectivity index (χ2n) is 6.16. The summed E-state index contributed by atoms with van der Waals surface area (Å²) in [6, 6.07) is 0. The van der Waals surface area contributed by atoms with Crippen molar-refractivity contribution in [2.75, 3.05) is 0 Å². The van der Waals surface area contributed by atoms with Crippen LogP contribution in [0, 0.1) is 6.92 Å². The van der Waals surface area contributed by atoms with E-state index in [1.165, 1.54) is 103 Å². The van der Waals surface area contributed by atoms with Gasteiger partial charge in [0, 0.05) is 0 Å². The molecule has 124 valence electrons. The molecule has 0 heterocycles. The molecule has 0 N–H and O–H groups in total. The number of unbranched alkanes of at least 4 members (excludes halogenated alkanes) is 16. The largest absolute Gasteiger partial charge is 2.00 e. The fraction of sp³-hybridized carbons (Fsp3) is 0.947. The van der Waals surface area contributed by atoms with Gasteiger partial charge in [0.2, 0.25) is 0 Å². The van der Waals surface area contributed by atoms with E-state index in [2.05, 4.69) is 13.8 Å². The Hall–Kier alpha value is 1.25. The van der Waals surface area contributed by atoms with Crippen molar-refractivity contribution < 1.29 is 17.0 Å². The summed E-state index contributed by atoms with van der Waals surface area (Å²) in [4.78, 5) is 0. The van der Waals surface area contributed by atoms with E-state index in [1.54, 1.807) is 0 Å². The number of rotatable bonds is 16. The zero-order valence-corrected chi connectivity index (χ0v) is 17.8. The second-order valence-corrected chi connectivity index (χ2v) is 6.16. The van der Waals surface area contributed by atoms with Crippen LogP contribution >= 0.6 is 0 Å². The maximum absolute atomic E-state index is 3.89. The van der Waals surface area contributed by atoms with E-state index in [0.717, 1.165) is 6.42 Å². The first kappa shape index (κ1) is 27.1. The van der Waals surface area contributed by atoms with Gasteiger partial charge in [-0.25, -0.2) is 0 Å². The molecule has 2 heteroatoms. The fourth-order valence-corrected chi connectivity index (χ4v) is 2.72. The molecule has 0 aliphatic carbocycles.